The normalized spacial score (nSPS) is 11.4. The first-order chi connectivity index (χ1) is 29.3. The van der Waals surface area contributed by atoms with Crippen molar-refractivity contribution in [3.8, 4) is 22.3 Å². The lowest BCUT2D eigenvalue weighted by atomic mass is 9.97. The van der Waals surface area contributed by atoms with Crippen molar-refractivity contribution >= 4 is 87.2 Å². The third-order valence-electron chi connectivity index (χ3n) is 11.4. The van der Waals surface area contributed by atoms with Gasteiger partial charge in [0.25, 0.3) is 0 Å². The summed E-state index contributed by atoms with van der Waals surface area (Å²) in [6.07, 6.45) is 0. The summed E-state index contributed by atoms with van der Waals surface area (Å²) in [5, 5.41) is 7.48. The van der Waals surface area contributed by atoms with Gasteiger partial charge < -0.3 is 9.80 Å². The van der Waals surface area contributed by atoms with Crippen LogP contribution in [0.5, 0.6) is 0 Å². The lowest BCUT2D eigenvalue weighted by Gasteiger charge is -2.28. The Balaban J connectivity index is 1.14. The summed E-state index contributed by atoms with van der Waals surface area (Å²) in [7, 11) is 0. The lowest BCUT2D eigenvalue weighted by molar-refractivity contribution is 1.30. The molecule has 0 N–H and O–H groups in total. The van der Waals surface area contributed by atoms with E-state index in [-0.39, 0.29) is 0 Å². The van der Waals surface area contributed by atoms with Crippen LogP contribution < -0.4 is 9.80 Å². The molecule has 0 aliphatic rings. The molecule has 2 nitrogen and oxygen atoms in total. The molecule has 59 heavy (non-hydrogen) atoms. The quantitative estimate of drug-likeness (QED) is 0.152. The van der Waals surface area contributed by atoms with Crippen molar-refractivity contribution in [1.82, 2.24) is 0 Å². The Hall–Kier alpha value is -7.46. The van der Waals surface area contributed by atoms with E-state index in [9.17, 15) is 0 Å². The molecule has 0 radical (unpaired) electrons. The van der Waals surface area contributed by atoms with Gasteiger partial charge in [0.15, 0.2) is 0 Å². The van der Waals surface area contributed by atoms with Gasteiger partial charge in [0.05, 0.1) is 11.4 Å². The average Bonchev–Trinajstić information content (AvgIpc) is 3.70. The maximum absolute atomic E-state index is 2.44. The van der Waals surface area contributed by atoms with Gasteiger partial charge in [0.1, 0.15) is 0 Å². The van der Waals surface area contributed by atoms with E-state index >= 15 is 0 Å². The fraction of sp³-hybridized carbons (Fsp3) is 0. The predicted octanol–water partition coefficient (Wildman–Crippen LogP) is 16.6. The molecule has 0 amide bonds. The van der Waals surface area contributed by atoms with Gasteiger partial charge in [0.2, 0.25) is 0 Å². The first-order valence-corrected chi connectivity index (χ1v) is 20.9. The molecule has 0 atom stereocenters. The van der Waals surface area contributed by atoms with Gasteiger partial charge in [-0.25, -0.2) is 0 Å². The van der Waals surface area contributed by atoms with Crippen LogP contribution in [0.25, 0.3) is 64.0 Å². The van der Waals surface area contributed by atoms with Crippen LogP contribution in [-0.4, -0.2) is 0 Å². The zero-order valence-electron chi connectivity index (χ0n) is 32.2. The van der Waals surface area contributed by atoms with E-state index in [0.717, 1.165) is 34.1 Å². The summed E-state index contributed by atoms with van der Waals surface area (Å²) < 4.78 is 2.56. The second-order valence-electron chi connectivity index (χ2n) is 14.9. The number of para-hydroxylation sites is 2. The second-order valence-corrected chi connectivity index (χ2v) is 16.0. The van der Waals surface area contributed by atoms with E-state index in [1.165, 1.54) is 64.0 Å². The number of rotatable bonds is 8. The average molecular weight is 771 g/mol. The number of benzene rings is 10. The standard InChI is InChI=1S/C56H38N2S/c1-5-17-39(18-6-1)41-29-33-45(34-30-41)57(43-21-9-3-10-22-43)52-37-51-55-49-27-15-13-25-47(49)53(38-54(55)59-56(51)50-28-16-14-26-48(50)52)58(44-23-11-4-12-24-44)46-35-31-42(32-36-46)40-19-7-2-8-20-40/h1-38H. The minimum absolute atomic E-state index is 1.11. The van der Waals surface area contributed by atoms with E-state index in [2.05, 4.69) is 240 Å². The molecule has 278 valence electrons. The van der Waals surface area contributed by atoms with Crippen molar-refractivity contribution in [2.45, 2.75) is 0 Å². The fourth-order valence-electron chi connectivity index (χ4n) is 8.67. The zero-order chi connectivity index (χ0) is 39.1. The van der Waals surface area contributed by atoms with Crippen LogP contribution in [0.3, 0.4) is 0 Å². The third kappa shape index (κ3) is 6.20. The zero-order valence-corrected chi connectivity index (χ0v) is 33.1. The molecule has 0 unspecified atom stereocenters. The first kappa shape index (κ1) is 34.8. The smallest absolute Gasteiger partial charge is 0.0554 e. The Morgan fingerprint density at radius 2 is 0.627 bits per heavy atom. The van der Waals surface area contributed by atoms with Gasteiger partial charge in [-0.05, 0) is 88.3 Å². The summed E-state index contributed by atoms with van der Waals surface area (Å²) >= 11 is 1.89. The number of hydrogen-bond acceptors (Lipinski definition) is 3. The molecule has 10 aromatic carbocycles. The second kappa shape index (κ2) is 14.8. The highest BCUT2D eigenvalue weighted by Crippen LogP contribution is 2.50. The van der Waals surface area contributed by atoms with Crippen LogP contribution in [0.4, 0.5) is 34.1 Å². The van der Waals surface area contributed by atoms with E-state index in [1.807, 2.05) is 11.3 Å². The molecule has 0 aliphatic heterocycles. The van der Waals surface area contributed by atoms with Gasteiger partial charge in [0, 0.05) is 59.1 Å². The summed E-state index contributed by atoms with van der Waals surface area (Å²) in [5.74, 6) is 0. The molecule has 1 aromatic heterocycles. The Kier molecular flexibility index (Phi) is 8.72. The van der Waals surface area contributed by atoms with E-state index in [1.54, 1.807) is 0 Å². The molecule has 0 saturated carbocycles. The number of fused-ring (bicyclic) bond motifs is 7. The first-order valence-electron chi connectivity index (χ1n) is 20.1. The Morgan fingerprint density at radius 1 is 0.271 bits per heavy atom. The molecule has 11 rings (SSSR count). The van der Waals surface area contributed by atoms with Gasteiger partial charge in [-0.15, -0.1) is 11.3 Å². The van der Waals surface area contributed by atoms with Crippen LogP contribution in [0.2, 0.25) is 0 Å². The van der Waals surface area contributed by atoms with Crippen molar-refractivity contribution in [3.05, 3.63) is 231 Å². The molecule has 0 aliphatic carbocycles. The van der Waals surface area contributed by atoms with Crippen molar-refractivity contribution in [2.75, 3.05) is 9.80 Å². The number of hydrogen-bond donors (Lipinski definition) is 0. The van der Waals surface area contributed by atoms with Gasteiger partial charge in [-0.3, -0.25) is 0 Å². The maximum atomic E-state index is 2.44. The molecule has 0 saturated heterocycles. The highest BCUT2D eigenvalue weighted by Gasteiger charge is 2.23. The van der Waals surface area contributed by atoms with Crippen LogP contribution in [0.15, 0.2) is 231 Å². The fourth-order valence-corrected chi connectivity index (χ4v) is 9.94. The summed E-state index contributed by atoms with van der Waals surface area (Å²) in [4.78, 5) is 4.84. The topological polar surface area (TPSA) is 6.48 Å². The van der Waals surface area contributed by atoms with Crippen LogP contribution in [0.1, 0.15) is 0 Å². The van der Waals surface area contributed by atoms with Crippen LogP contribution in [0, 0.1) is 0 Å². The summed E-state index contributed by atoms with van der Waals surface area (Å²) in [6.45, 7) is 0. The van der Waals surface area contributed by atoms with E-state index in [0.29, 0.717) is 0 Å². The Labute approximate surface area is 348 Å². The molecular weight excluding hydrogens is 733 g/mol. The third-order valence-corrected chi connectivity index (χ3v) is 12.6. The molecule has 3 heteroatoms. The molecular formula is C56H38N2S. The maximum Gasteiger partial charge on any atom is 0.0554 e. The molecule has 0 bridgehead atoms. The van der Waals surface area contributed by atoms with E-state index < -0.39 is 0 Å². The molecule has 0 spiro atoms. The van der Waals surface area contributed by atoms with Crippen LogP contribution >= 0.6 is 11.3 Å². The highest BCUT2D eigenvalue weighted by molar-refractivity contribution is 7.27. The predicted molar refractivity (Wildman–Crippen MR) is 255 cm³/mol. The van der Waals surface area contributed by atoms with Crippen molar-refractivity contribution < 1.29 is 0 Å². The highest BCUT2D eigenvalue weighted by atomic mass is 32.1. The minimum Gasteiger partial charge on any atom is -0.310 e. The number of anilines is 6. The lowest BCUT2D eigenvalue weighted by Crippen LogP contribution is -2.10. The summed E-state index contributed by atoms with van der Waals surface area (Å²) in [6, 6.07) is 83.4. The Bertz CT molecular complexity index is 3230. The molecule has 11 aromatic rings. The number of thiophene rings is 1. The number of nitrogens with zero attached hydrogens (tertiary/aromatic N) is 2. The Morgan fingerprint density at radius 3 is 1.12 bits per heavy atom. The van der Waals surface area contributed by atoms with Gasteiger partial charge in [-0.2, -0.15) is 0 Å². The van der Waals surface area contributed by atoms with Crippen molar-refractivity contribution in [1.29, 1.82) is 0 Å². The van der Waals surface area contributed by atoms with E-state index in [4.69, 9.17) is 0 Å². The summed E-state index contributed by atoms with van der Waals surface area (Å²) in [5.41, 5.74) is 11.6. The molecule has 0 fully saturated rings. The minimum atomic E-state index is 1.11. The van der Waals surface area contributed by atoms with Crippen LogP contribution in [-0.2, 0) is 0 Å². The SMILES string of the molecule is c1ccc(-c2ccc(N(c3ccccc3)c3cc4c(sc5cc(N(c6ccccc6)c6ccc(-c7ccccc7)cc6)c6ccccc6c54)c4ccccc34)cc2)cc1. The largest absolute Gasteiger partial charge is 0.310 e. The monoisotopic (exact) mass is 770 g/mol. The molecule has 1 heterocycles. The van der Waals surface area contributed by atoms with Crippen molar-refractivity contribution in [2.24, 2.45) is 0 Å². The van der Waals surface area contributed by atoms with Gasteiger partial charge >= 0.3 is 0 Å². The van der Waals surface area contributed by atoms with Gasteiger partial charge in [-0.1, -0.05) is 170 Å². The van der Waals surface area contributed by atoms with Crippen molar-refractivity contribution in [3.63, 3.8) is 0 Å².